The molecule has 1 aliphatic heterocycles. The highest BCUT2D eigenvalue weighted by molar-refractivity contribution is 5.13. The van der Waals surface area contributed by atoms with Gasteiger partial charge in [0.15, 0.2) is 0 Å². The summed E-state index contributed by atoms with van der Waals surface area (Å²) in [5.41, 5.74) is 6.96. The summed E-state index contributed by atoms with van der Waals surface area (Å²) in [5.74, 6) is 0. The number of aliphatic hydroxyl groups is 1. The van der Waals surface area contributed by atoms with Crippen LogP contribution in [0.1, 0.15) is 5.56 Å². The van der Waals surface area contributed by atoms with Crippen molar-refractivity contribution in [3.8, 4) is 0 Å². The Morgan fingerprint density at radius 2 is 2.10 bits per heavy atom. The zero-order valence-corrected chi connectivity index (χ0v) is 12.8. The molecule has 0 amide bonds. The summed E-state index contributed by atoms with van der Waals surface area (Å²) in [6.45, 7) is 5.10. The van der Waals surface area contributed by atoms with Crippen LogP contribution in [0.15, 0.2) is 30.3 Å². The Balaban J connectivity index is 1.70. The van der Waals surface area contributed by atoms with Crippen LogP contribution in [0.5, 0.6) is 0 Å². The second-order valence-electron chi connectivity index (χ2n) is 5.80. The van der Waals surface area contributed by atoms with Crippen molar-refractivity contribution in [3.63, 3.8) is 0 Å². The Hall–Kier alpha value is -0.980. The van der Waals surface area contributed by atoms with Crippen molar-refractivity contribution in [1.82, 2.24) is 9.80 Å². The molecule has 1 heterocycles. The molecule has 0 saturated carbocycles. The fourth-order valence-corrected chi connectivity index (χ4v) is 2.72. The number of piperazine rings is 1. The number of hydrogen-bond acceptors (Lipinski definition) is 5. The topological polar surface area (TPSA) is 62.0 Å². The Labute approximate surface area is 127 Å². The number of nitrogens with zero attached hydrogens (tertiary/aromatic N) is 2. The van der Waals surface area contributed by atoms with Gasteiger partial charge in [0.25, 0.3) is 0 Å². The molecular weight excluding hydrogens is 266 g/mol. The van der Waals surface area contributed by atoms with Crippen LogP contribution in [0.25, 0.3) is 0 Å². The van der Waals surface area contributed by atoms with Crippen molar-refractivity contribution in [1.29, 1.82) is 0 Å². The van der Waals surface area contributed by atoms with Gasteiger partial charge in [0, 0.05) is 38.8 Å². The number of hydrogen-bond donors (Lipinski definition) is 2. The van der Waals surface area contributed by atoms with Gasteiger partial charge in [0.2, 0.25) is 0 Å². The van der Waals surface area contributed by atoms with Gasteiger partial charge in [-0.15, -0.1) is 0 Å². The van der Waals surface area contributed by atoms with Crippen LogP contribution in [-0.4, -0.2) is 73.4 Å². The van der Waals surface area contributed by atoms with E-state index in [1.807, 2.05) is 30.3 Å². The summed E-state index contributed by atoms with van der Waals surface area (Å²) in [7, 11) is 2.11. The first kappa shape index (κ1) is 16.4. The highest BCUT2D eigenvalue weighted by Gasteiger charge is 2.25. The normalized spacial score (nSPS) is 22.3. The third-order valence-electron chi connectivity index (χ3n) is 3.95. The van der Waals surface area contributed by atoms with Crippen LogP contribution in [0.2, 0.25) is 0 Å². The van der Waals surface area contributed by atoms with Gasteiger partial charge in [-0.05, 0) is 12.6 Å². The highest BCUT2D eigenvalue weighted by Crippen LogP contribution is 2.09. The van der Waals surface area contributed by atoms with E-state index in [-0.39, 0.29) is 0 Å². The fourth-order valence-electron chi connectivity index (χ4n) is 2.72. The Kier molecular flexibility index (Phi) is 6.60. The lowest BCUT2D eigenvalue weighted by molar-refractivity contribution is -0.00977. The van der Waals surface area contributed by atoms with Gasteiger partial charge >= 0.3 is 0 Å². The predicted octanol–water partition coefficient (Wildman–Crippen LogP) is 0.139. The minimum absolute atomic E-state index is 0.326. The molecule has 2 atom stereocenters. The molecule has 0 radical (unpaired) electrons. The summed E-state index contributed by atoms with van der Waals surface area (Å²) in [4.78, 5) is 4.56. The number of ether oxygens (including phenoxy) is 1. The third kappa shape index (κ3) is 5.37. The molecule has 5 heteroatoms. The molecular formula is C16H27N3O2. The first-order chi connectivity index (χ1) is 10.2. The van der Waals surface area contributed by atoms with Crippen LogP contribution < -0.4 is 5.73 Å². The molecule has 5 nitrogen and oxygen atoms in total. The fraction of sp³-hybridized carbons (Fsp3) is 0.625. The maximum Gasteiger partial charge on any atom is 0.0900 e. The first-order valence-corrected chi connectivity index (χ1v) is 7.61. The standard InChI is InChI=1S/C16H27N3O2/c1-18-7-8-19(15(9-17)10-18)11-16(20)13-21-12-14-5-3-2-4-6-14/h2-6,15-16,20H,7-13,17H2,1H3. The molecule has 2 unspecified atom stereocenters. The molecule has 0 aliphatic carbocycles. The van der Waals surface area contributed by atoms with Crippen LogP contribution >= 0.6 is 0 Å². The van der Waals surface area contributed by atoms with E-state index in [4.69, 9.17) is 10.5 Å². The summed E-state index contributed by atoms with van der Waals surface area (Å²) >= 11 is 0. The minimum atomic E-state index is -0.467. The first-order valence-electron chi connectivity index (χ1n) is 7.61. The molecule has 1 aliphatic rings. The summed E-state index contributed by atoms with van der Waals surface area (Å²) < 4.78 is 5.59. The monoisotopic (exact) mass is 293 g/mol. The summed E-state index contributed by atoms with van der Waals surface area (Å²) in [6.07, 6.45) is -0.467. The van der Waals surface area contributed by atoms with Crippen LogP contribution in [0, 0.1) is 0 Å². The van der Waals surface area contributed by atoms with Gasteiger partial charge < -0.3 is 20.5 Å². The van der Waals surface area contributed by atoms with Crippen LogP contribution in [-0.2, 0) is 11.3 Å². The van der Waals surface area contributed by atoms with Crippen molar-refractivity contribution in [3.05, 3.63) is 35.9 Å². The highest BCUT2D eigenvalue weighted by atomic mass is 16.5. The number of likely N-dealkylation sites (N-methyl/N-ethyl adjacent to an activating group) is 1. The van der Waals surface area contributed by atoms with E-state index in [1.165, 1.54) is 0 Å². The molecule has 118 valence electrons. The third-order valence-corrected chi connectivity index (χ3v) is 3.95. The molecule has 0 bridgehead atoms. The van der Waals surface area contributed by atoms with E-state index in [0.717, 1.165) is 25.2 Å². The number of β-amino-alcohol motifs (C(OH)–C–C–N with tert-alkyl or cyclic N) is 1. The van der Waals surface area contributed by atoms with Gasteiger partial charge in [-0.2, -0.15) is 0 Å². The van der Waals surface area contributed by atoms with Gasteiger partial charge in [-0.25, -0.2) is 0 Å². The van der Waals surface area contributed by atoms with Crippen molar-refractivity contribution < 1.29 is 9.84 Å². The minimum Gasteiger partial charge on any atom is -0.389 e. The summed E-state index contributed by atoms with van der Waals surface area (Å²) in [6, 6.07) is 10.3. The maximum absolute atomic E-state index is 10.1. The molecule has 21 heavy (non-hydrogen) atoms. The maximum atomic E-state index is 10.1. The Morgan fingerprint density at radius 3 is 2.81 bits per heavy atom. The molecule has 1 aromatic carbocycles. The Morgan fingerprint density at radius 1 is 1.33 bits per heavy atom. The van der Waals surface area contributed by atoms with Crippen molar-refractivity contribution >= 4 is 0 Å². The lowest BCUT2D eigenvalue weighted by Gasteiger charge is -2.40. The summed E-state index contributed by atoms with van der Waals surface area (Å²) in [5, 5.41) is 10.1. The number of aliphatic hydroxyl groups excluding tert-OH is 1. The van der Waals surface area contributed by atoms with Crippen molar-refractivity contribution in [2.24, 2.45) is 5.73 Å². The predicted molar refractivity (Wildman–Crippen MR) is 84.0 cm³/mol. The lowest BCUT2D eigenvalue weighted by Crippen LogP contribution is -2.56. The number of nitrogens with two attached hydrogens (primary N) is 1. The second kappa shape index (κ2) is 8.46. The number of benzene rings is 1. The lowest BCUT2D eigenvalue weighted by atomic mass is 10.1. The van der Waals surface area contributed by atoms with E-state index in [1.54, 1.807) is 0 Å². The quantitative estimate of drug-likeness (QED) is 0.749. The molecule has 0 spiro atoms. The zero-order chi connectivity index (χ0) is 15.1. The van der Waals surface area contributed by atoms with Crippen LogP contribution in [0.4, 0.5) is 0 Å². The van der Waals surface area contributed by atoms with E-state index in [2.05, 4.69) is 16.8 Å². The van der Waals surface area contributed by atoms with E-state index >= 15 is 0 Å². The number of rotatable bonds is 7. The van der Waals surface area contributed by atoms with Crippen molar-refractivity contribution in [2.75, 3.05) is 46.4 Å². The smallest absolute Gasteiger partial charge is 0.0900 e. The SMILES string of the molecule is CN1CCN(CC(O)COCc2ccccc2)C(CN)C1. The van der Waals surface area contributed by atoms with Gasteiger partial charge in [0.1, 0.15) is 0 Å². The molecule has 1 aromatic rings. The Bertz CT molecular complexity index is 402. The van der Waals surface area contributed by atoms with Crippen molar-refractivity contribution in [2.45, 2.75) is 18.8 Å². The average molecular weight is 293 g/mol. The van der Waals surface area contributed by atoms with Gasteiger partial charge in [-0.1, -0.05) is 30.3 Å². The second-order valence-corrected chi connectivity index (χ2v) is 5.80. The van der Waals surface area contributed by atoms with E-state index in [0.29, 0.717) is 32.3 Å². The van der Waals surface area contributed by atoms with Gasteiger partial charge in [0.05, 0.1) is 19.3 Å². The van der Waals surface area contributed by atoms with Gasteiger partial charge in [-0.3, -0.25) is 4.90 Å². The molecule has 1 fully saturated rings. The average Bonchev–Trinajstić information content (AvgIpc) is 2.50. The zero-order valence-electron chi connectivity index (χ0n) is 12.8. The largest absolute Gasteiger partial charge is 0.389 e. The molecule has 2 rings (SSSR count). The van der Waals surface area contributed by atoms with Crippen LogP contribution in [0.3, 0.4) is 0 Å². The van der Waals surface area contributed by atoms with E-state index in [9.17, 15) is 5.11 Å². The molecule has 1 saturated heterocycles. The van der Waals surface area contributed by atoms with E-state index < -0.39 is 6.10 Å². The molecule has 0 aromatic heterocycles. The molecule has 3 N–H and O–H groups in total.